The van der Waals surface area contributed by atoms with E-state index in [1.165, 1.54) is 13.8 Å². The Bertz CT molecular complexity index is 1130. The van der Waals surface area contributed by atoms with Gasteiger partial charge in [-0.15, -0.1) is 0 Å². The van der Waals surface area contributed by atoms with E-state index in [0.717, 1.165) is 95.5 Å². The predicted molar refractivity (Wildman–Crippen MR) is 270 cm³/mol. The van der Waals surface area contributed by atoms with Crippen LogP contribution in [0.25, 0.3) is 0 Å². The Labute approximate surface area is 390 Å². The topological polar surface area (TPSA) is 171 Å². The normalized spacial score (nSPS) is 8.83. The van der Waals surface area contributed by atoms with Crippen molar-refractivity contribution in [3.05, 3.63) is 12.2 Å². The molecule has 0 rings (SSSR count). The first-order valence-electron chi connectivity index (χ1n) is 23.3. The quantitative estimate of drug-likeness (QED) is 0.121. The number of carbonyl (C=O) groups excluding carboxylic acids is 10. The van der Waals surface area contributed by atoms with Crippen LogP contribution in [0.1, 0.15) is 262 Å². The Kier molecular flexibility index (Phi) is 85.8. The number of hydrogen-bond donors (Lipinski definition) is 0. The van der Waals surface area contributed by atoms with Gasteiger partial charge >= 0.3 is 0 Å². The molecule has 0 amide bonds. The largest absolute Gasteiger partial charge is 0.300 e. The number of Topliss-reactive ketones (excluding diaryl/α,β-unsaturated/α-hetero) is 10. The Morgan fingerprint density at radius 1 is 0.413 bits per heavy atom. The summed E-state index contributed by atoms with van der Waals surface area (Å²) in [6, 6.07) is 0. The zero-order valence-corrected chi connectivity index (χ0v) is 45.7. The van der Waals surface area contributed by atoms with Gasteiger partial charge in [0.15, 0.2) is 5.78 Å². The van der Waals surface area contributed by atoms with Crippen LogP contribution < -0.4 is 0 Å². The lowest BCUT2D eigenvalue weighted by molar-refractivity contribution is -0.124. The Hall–Kier alpha value is -3.56. The average molecular weight is 901 g/mol. The van der Waals surface area contributed by atoms with Crippen molar-refractivity contribution in [3.8, 4) is 0 Å². The van der Waals surface area contributed by atoms with Gasteiger partial charge in [0.2, 0.25) is 0 Å². The van der Waals surface area contributed by atoms with E-state index < -0.39 is 0 Å². The third kappa shape index (κ3) is 157. The van der Waals surface area contributed by atoms with Crippen LogP contribution in [-0.2, 0) is 47.9 Å². The van der Waals surface area contributed by atoms with Crippen LogP contribution in [0.4, 0.5) is 0 Å². The van der Waals surface area contributed by atoms with Gasteiger partial charge in [0, 0.05) is 56.3 Å². The van der Waals surface area contributed by atoms with Crippen molar-refractivity contribution in [1.82, 2.24) is 0 Å². The molecule has 0 heterocycles. The van der Waals surface area contributed by atoms with Gasteiger partial charge in [0.05, 0.1) is 0 Å². The molecule has 0 N–H and O–H groups in total. The van der Waals surface area contributed by atoms with Crippen molar-refractivity contribution in [2.24, 2.45) is 11.3 Å². The Morgan fingerprint density at radius 3 is 0.730 bits per heavy atom. The summed E-state index contributed by atoms with van der Waals surface area (Å²) in [5.74, 6) is 2.82. The number of ketones is 10. The molecule has 376 valence electrons. The highest BCUT2D eigenvalue weighted by Gasteiger charge is 2.14. The molecule has 0 saturated heterocycles. The molecule has 0 fully saturated rings. The van der Waals surface area contributed by atoms with Gasteiger partial charge in [-0.1, -0.05) is 109 Å². The number of rotatable bonds is 18. The molecule has 0 unspecified atom stereocenters. The molecule has 0 radical (unpaired) electrons. The van der Waals surface area contributed by atoms with E-state index >= 15 is 0 Å². The summed E-state index contributed by atoms with van der Waals surface area (Å²) in [6.45, 7) is 45.0. The standard InChI is InChI=1S/C8H14O.C7H14O.2C6H12O.3C5H10O.2C4H8O.C3H6O/c1-4-5-6-7(2)8(3)9;1-3-5-7(8)6-4-2;1-5(7)6(2,3)4;1-3-4-5-6(2)7;1-4(2)5(3)6;2*1-3-4-5(2)6;2*1-3-4(2)5;1-3(2)4/h2,4-6H2,1,3H3;3-6H2,1-2H3;1-4H3;3-5H2,1-2H3;4H,1-3H3;2*3-4H2,1-2H3;2*3H2,1-2H3;1-2H3. The highest BCUT2D eigenvalue weighted by Crippen LogP contribution is 2.12. The number of allylic oxidation sites excluding steroid dienone is 1. The van der Waals surface area contributed by atoms with Crippen LogP contribution in [-0.4, -0.2) is 57.8 Å². The molecule has 0 spiro atoms. The van der Waals surface area contributed by atoms with E-state index in [2.05, 4.69) is 20.4 Å². The van der Waals surface area contributed by atoms with Crippen LogP contribution in [0.2, 0.25) is 0 Å². The van der Waals surface area contributed by atoms with E-state index in [1.807, 2.05) is 76.2 Å². The number of unbranched alkanes of at least 4 members (excludes halogenated alkanes) is 2. The first-order chi connectivity index (χ1) is 28.7. The van der Waals surface area contributed by atoms with Gasteiger partial charge in [0.25, 0.3) is 0 Å². The molecule has 0 aliphatic heterocycles. The molecule has 0 aromatic rings. The van der Waals surface area contributed by atoms with E-state index in [0.29, 0.717) is 24.4 Å². The molecule has 0 aromatic heterocycles. The summed E-state index contributed by atoms with van der Waals surface area (Å²) in [7, 11) is 0. The van der Waals surface area contributed by atoms with Gasteiger partial charge in [-0.05, 0) is 120 Å². The summed E-state index contributed by atoms with van der Waals surface area (Å²) >= 11 is 0. The van der Waals surface area contributed by atoms with Crippen molar-refractivity contribution in [1.29, 1.82) is 0 Å². The molecule has 10 heteroatoms. The molecule has 63 heavy (non-hydrogen) atoms. The minimum absolute atomic E-state index is 0.128. The fourth-order valence-corrected chi connectivity index (χ4v) is 2.38. The molecule has 0 atom stereocenters. The maximum Gasteiger partial charge on any atom is 0.155 e. The van der Waals surface area contributed by atoms with Crippen molar-refractivity contribution >= 4 is 57.8 Å². The maximum absolute atomic E-state index is 10.6. The van der Waals surface area contributed by atoms with E-state index in [-0.39, 0.29) is 57.6 Å². The lowest BCUT2D eigenvalue weighted by Gasteiger charge is -2.11. The zero-order valence-electron chi connectivity index (χ0n) is 45.7. The third-order valence-electron chi connectivity index (χ3n) is 7.34. The van der Waals surface area contributed by atoms with Gasteiger partial charge in [-0.3, -0.25) is 19.2 Å². The van der Waals surface area contributed by atoms with Gasteiger partial charge in [-0.25, -0.2) is 0 Å². The first-order valence-corrected chi connectivity index (χ1v) is 23.3. The van der Waals surface area contributed by atoms with Crippen molar-refractivity contribution in [2.45, 2.75) is 262 Å². The predicted octanol–water partition coefficient (Wildman–Crippen LogP) is 14.4. The third-order valence-corrected chi connectivity index (χ3v) is 7.34. The zero-order chi connectivity index (χ0) is 52.7. The summed E-state index contributed by atoms with van der Waals surface area (Å²) in [6.07, 6.45) is 14.3. The lowest BCUT2D eigenvalue weighted by Crippen LogP contribution is -2.15. The van der Waals surface area contributed by atoms with Crippen molar-refractivity contribution in [2.75, 3.05) is 0 Å². The second-order valence-electron chi connectivity index (χ2n) is 16.6. The SMILES string of the molecule is C=C(CCCC)C(C)=O.CC(=O)C(C)(C)C.CC(=O)C(C)C.CC(C)=O.CCC(C)=O.CCC(C)=O.CCCC(=O)CCC.CCCC(C)=O.CCCC(C)=O.CCCCC(C)=O. The number of carbonyl (C=O) groups is 10. The monoisotopic (exact) mass is 901 g/mol. The molecule has 0 saturated carbocycles. The molecular weight excluding hydrogens is 797 g/mol. The highest BCUT2D eigenvalue weighted by atomic mass is 16.2. The summed E-state index contributed by atoms with van der Waals surface area (Å²) in [5, 5.41) is 0. The second kappa shape index (κ2) is 65.1. The molecule has 0 aromatic carbocycles. The highest BCUT2D eigenvalue weighted by molar-refractivity contribution is 5.92. The van der Waals surface area contributed by atoms with E-state index in [4.69, 9.17) is 0 Å². The summed E-state index contributed by atoms with van der Waals surface area (Å²) < 4.78 is 0. The molecule has 0 bridgehead atoms. The van der Waals surface area contributed by atoms with Crippen molar-refractivity contribution in [3.63, 3.8) is 0 Å². The van der Waals surface area contributed by atoms with Crippen LogP contribution in [0.3, 0.4) is 0 Å². The summed E-state index contributed by atoms with van der Waals surface area (Å²) in [5.41, 5.74) is 0.622. The fraction of sp³-hybridized carbons (Fsp3) is 0.774. The minimum Gasteiger partial charge on any atom is -0.300 e. The van der Waals surface area contributed by atoms with Crippen LogP contribution in [0.15, 0.2) is 12.2 Å². The fourth-order valence-electron chi connectivity index (χ4n) is 2.38. The smallest absolute Gasteiger partial charge is 0.155 e. The Morgan fingerprint density at radius 2 is 0.635 bits per heavy atom. The first kappa shape index (κ1) is 83.1. The van der Waals surface area contributed by atoms with Crippen molar-refractivity contribution < 1.29 is 47.9 Å². The van der Waals surface area contributed by atoms with E-state index in [9.17, 15) is 47.9 Å². The van der Waals surface area contributed by atoms with E-state index in [1.54, 1.807) is 55.4 Å². The summed E-state index contributed by atoms with van der Waals surface area (Å²) in [4.78, 5) is 101. The molecule has 10 nitrogen and oxygen atoms in total. The van der Waals surface area contributed by atoms with Gasteiger partial charge < -0.3 is 28.8 Å². The molecule has 0 aliphatic rings. The molecule has 0 aliphatic carbocycles. The van der Waals surface area contributed by atoms with Gasteiger partial charge in [-0.2, -0.15) is 0 Å². The van der Waals surface area contributed by atoms with Crippen LogP contribution in [0, 0.1) is 11.3 Å². The Balaban J connectivity index is -0.0000000624. The van der Waals surface area contributed by atoms with Crippen LogP contribution >= 0.6 is 0 Å². The second-order valence-corrected chi connectivity index (χ2v) is 16.6. The number of hydrogen-bond acceptors (Lipinski definition) is 10. The minimum atomic E-state index is -0.139. The molecular formula is C53H104O10. The maximum atomic E-state index is 10.6. The average Bonchev–Trinajstić information content (AvgIpc) is 3.14. The van der Waals surface area contributed by atoms with Crippen LogP contribution in [0.5, 0.6) is 0 Å². The lowest BCUT2D eigenvalue weighted by atomic mass is 9.92. The van der Waals surface area contributed by atoms with Gasteiger partial charge in [0.1, 0.15) is 52.0 Å².